The second kappa shape index (κ2) is 5.03. The number of thioether (sulfide) groups is 1. The van der Waals surface area contributed by atoms with Crippen LogP contribution in [0.1, 0.15) is 32.6 Å². The first-order valence-corrected chi connectivity index (χ1v) is 6.23. The molecule has 0 saturated heterocycles. The molecule has 1 fully saturated rings. The molecule has 0 heterocycles. The van der Waals surface area contributed by atoms with Crippen LogP contribution >= 0.6 is 11.8 Å². The molecule has 2 N–H and O–H groups in total. The number of carboxylic acid groups (broad SMARTS) is 1. The van der Waals surface area contributed by atoms with Gasteiger partial charge in [-0.25, -0.2) is 0 Å². The molecule has 0 spiro atoms. The van der Waals surface area contributed by atoms with Gasteiger partial charge in [0.25, 0.3) is 0 Å². The Balaban J connectivity index is 2.64. The van der Waals surface area contributed by atoms with Crippen LogP contribution in [0.25, 0.3) is 0 Å². The van der Waals surface area contributed by atoms with E-state index in [-0.39, 0.29) is 0 Å². The Morgan fingerprint density at radius 3 is 2.93 bits per heavy atom. The predicted octanol–water partition coefficient (Wildman–Crippen LogP) is 1.72. The van der Waals surface area contributed by atoms with Crippen molar-refractivity contribution in [2.45, 2.75) is 43.4 Å². The van der Waals surface area contributed by atoms with Gasteiger partial charge in [-0.2, -0.15) is 11.8 Å². The smallest absolute Gasteiger partial charge is 0.323 e. The van der Waals surface area contributed by atoms with E-state index in [1.807, 2.05) is 11.8 Å². The summed E-state index contributed by atoms with van der Waals surface area (Å²) in [5, 5.41) is 12.7. The van der Waals surface area contributed by atoms with Crippen molar-refractivity contribution in [3.05, 3.63) is 0 Å². The van der Waals surface area contributed by atoms with E-state index in [1.165, 1.54) is 0 Å². The molecule has 1 rings (SSSR count). The number of nitrogens with one attached hydrogen (secondary N) is 1. The second-order valence-electron chi connectivity index (χ2n) is 3.81. The summed E-state index contributed by atoms with van der Waals surface area (Å²) in [4.78, 5) is 11.2. The van der Waals surface area contributed by atoms with Crippen molar-refractivity contribution in [3.63, 3.8) is 0 Å². The molecule has 0 aromatic rings. The van der Waals surface area contributed by atoms with Crippen LogP contribution in [0.5, 0.6) is 0 Å². The molecule has 1 saturated carbocycles. The average molecular weight is 217 g/mol. The van der Waals surface area contributed by atoms with Crippen LogP contribution in [-0.2, 0) is 4.79 Å². The minimum Gasteiger partial charge on any atom is -0.480 e. The topological polar surface area (TPSA) is 49.3 Å². The third-order valence-electron chi connectivity index (χ3n) is 3.00. The molecule has 0 aliphatic heterocycles. The highest BCUT2D eigenvalue weighted by Gasteiger charge is 2.41. The molecule has 0 radical (unpaired) electrons. The highest BCUT2D eigenvalue weighted by Crippen LogP contribution is 2.34. The van der Waals surface area contributed by atoms with Crippen LogP contribution in [0.2, 0.25) is 0 Å². The first-order chi connectivity index (χ1) is 6.64. The van der Waals surface area contributed by atoms with E-state index >= 15 is 0 Å². The molecular formula is C10H19NO2S. The van der Waals surface area contributed by atoms with Crippen molar-refractivity contribution in [2.24, 2.45) is 0 Å². The predicted molar refractivity (Wildman–Crippen MR) is 59.8 cm³/mol. The molecule has 3 nitrogen and oxygen atoms in total. The summed E-state index contributed by atoms with van der Waals surface area (Å²) in [5.41, 5.74) is -0.662. The number of likely N-dealkylation sites (N-methyl/N-ethyl adjacent to an activating group) is 1. The monoisotopic (exact) mass is 217 g/mol. The molecule has 0 amide bonds. The number of rotatable bonds is 4. The van der Waals surface area contributed by atoms with Crippen LogP contribution in [-0.4, -0.2) is 34.7 Å². The Morgan fingerprint density at radius 1 is 1.71 bits per heavy atom. The van der Waals surface area contributed by atoms with E-state index in [0.717, 1.165) is 31.4 Å². The van der Waals surface area contributed by atoms with Crippen molar-refractivity contribution >= 4 is 17.7 Å². The van der Waals surface area contributed by atoms with Crippen molar-refractivity contribution in [1.29, 1.82) is 0 Å². The van der Waals surface area contributed by atoms with Crippen molar-refractivity contribution in [3.8, 4) is 0 Å². The minimum atomic E-state index is -0.693. The van der Waals surface area contributed by atoms with E-state index in [2.05, 4.69) is 12.2 Å². The molecule has 14 heavy (non-hydrogen) atoms. The Hall–Kier alpha value is -0.220. The van der Waals surface area contributed by atoms with Crippen LogP contribution < -0.4 is 5.32 Å². The molecule has 2 atom stereocenters. The Labute approximate surface area is 89.6 Å². The van der Waals surface area contributed by atoms with Gasteiger partial charge < -0.3 is 10.4 Å². The SMILES string of the molecule is CCSC1CCCC(NC)(C(=O)O)C1. The van der Waals surface area contributed by atoms with Crippen LogP contribution in [0.4, 0.5) is 0 Å². The van der Waals surface area contributed by atoms with E-state index < -0.39 is 11.5 Å². The van der Waals surface area contributed by atoms with Gasteiger partial charge in [0.05, 0.1) is 0 Å². The van der Waals surface area contributed by atoms with Crippen molar-refractivity contribution in [2.75, 3.05) is 12.8 Å². The Bertz CT molecular complexity index is 208. The maximum atomic E-state index is 11.2. The molecular weight excluding hydrogens is 198 g/mol. The zero-order valence-electron chi connectivity index (χ0n) is 8.88. The standard InChI is InChI=1S/C10H19NO2S/c1-3-14-8-5-4-6-10(7-8,11-2)9(12)13/h8,11H,3-7H2,1-2H3,(H,12,13). The fraction of sp³-hybridized carbons (Fsp3) is 0.900. The minimum absolute atomic E-state index is 0.511. The first-order valence-electron chi connectivity index (χ1n) is 5.18. The Morgan fingerprint density at radius 2 is 2.43 bits per heavy atom. The van der Waals surface area contributed by atoms with Crippen LogP contribution in [0.15, 0.2) is 0 Å². The number of hydrogen-bond donors (Lipinski definition) is 2. The number of aliphatic carboxylic acids is 1. The van der Waals surface area contributed by atoms with Gasteiger partial charge in [-0.3, -0.25) is 4.79 Å². The molecule has 4 heteroatoms. The maximum absolute atomic E-state index is 11.2. The van der Waals surface area contributed by atoms with Gasteiger partial charge in [-0.15, -0.1) is 0 Å². The first kappa shape index (κ1) is 11.9. The molecule has 1 aliphatic rings. The third-order valence-corrected chi connectivity index (χ3v) is 4.20. The zero-order valence-corrected chi connectivity index (χ0v) is 9.69. The summed E-state index contributed by atoms with van der Waals surface area (Å²) in [5.74, 6) is 0.380. The quantitative estimate of drug-likeness (QED) is 0.753. The molecule has 0 bridgehead atoms. The average Bonchev–Trinajstić information content (AvgIpc) is 2.18. The summed E-state index contributed by atoms with van der Waals surface area (Å²) in [7, 11) is 1.76. The molecule has 0 aromatic carbocycles. The van der Waals surface area contributed by atoms with Gasteiger partial charge in [-0.1, -0.05) is 6.92 Å². The highest BCUT2D eigenvalue weighted by atomic mass is 32.2. The lowest BCUT2D eigenvalue weighted by molar-refractivity contribution is -0.146. The largest absolute Gasteiger partial charge is 0.480 e. The van der Waals surface area contributed by atoms with Gasteiger partial charge >= 0.3 is 5.97 Å². The number of hydrogen-bond acceptors (Lipinski definition) is 3. The highest BCUT2D eigenvalue weighted by molar-refractivity contribution is 7.99. The lowest BCUT2D eigenvalue weighted by atomic mass is 9.81. The summed E-state index contributed by atoms with van der Waals surface area (Å²) in [6, 6.07) is 0. The Kier molecular flexibility index (Phi) is 4.26. The fourth-order valence-corrected chi connectivity index (χ4v) is 3.34. The summed E-state index contributed by atoms with van der Waals surface area (Å²) >= 11 is 1.88. The molecule has 2 unspecified atom stereocenters. The van der Waals surface area contributed by atoms with Gasteiger partial charge in [0.15, 0.2) is 0 Å². The molecule has 1 aliphatic carbocycles. The lowest BCUT2D eigenvalue weighted by Crippen LogP contribution is -2.53. The van der Waals surface area contributed by atoms with Crippen LogP contribution in [0.3, 0.4) is 0 Å². The van der Waals surface area contributed by atoms with E-state index in [4.69, 9.17) is 0 Å². The second-order valence-corrected chi connectivity index (χ2v) is 5.39. The summed E-state index contributed by atoms with van der Waals surface area (Å²) < 4.78 is 0. The van der Waals surface area contributed by atoms with Crippen molar-refractivity contribution in [1.82, 2.24) is 5.32 Å². The third kappa shape index (κ3) is 2.42. The molecule has 0 aromatic heterocycles. The number of carbonyl (C=O) groups is 1. The van der Waals surface area contributed by atoms with Gasteiger partial charge in [-0.05, 0) is 38.5 Å². The lowest BCUT2D eigenvalue weighted by Gasteiger charge is -2.37. The van der Waals surface area contributed by atoms with Gasteiger partial charge in [0.2, 0.25) is 0 Å². The summed E-state index contributed by atoms with van der Waals surface area (Å²) in [6.45, 7) is 2.13. The van der Waals surface area contributed by atoms with E-state index in [9.17, 15) is 9.90 Å². The normalized spacial score (nSPS) is 32.9. The number of carboxylic acids is 1. The zero-order chi connectivity index (χ0) is 10.6. The van der Waals surface area contributed by atoms with Gasteiger partial charge in [0.1, 0.15) is 5.54 Å². The van der Waals surface area contributed by atoms with E-state index in [1.54, 1.807) is 7.05 Å². The maximum Gasteiger partial charge on any atom is 0.323 e. The van der Waals surface area contributed by atoms with E-state index in [0.29, 0.717) is 5.25 Å². The molecule has 82 valence electrons. The summed E-state index contributed by atoms with van der Waals surface area (Å²) in [6.07, 6.45) is 3.71. The fourth-order valence-electron chi connectivity index (χ4n) is 2.13. The van der Waals surface area contributed by atoms with Gasteiger partial charge in [0, 0.05) is 5.25 Å². The van der Waals surface area contributed by atoms with Crippen molar-refractivity contribution < 1.29 is 9.90 Å². The van der Waals surface area contributed by atoms with Crippen LogP contribution in [0, 0.1) is 0 Å².